The first-order valence-corrected chi connectivity index (χ1v) is 4.92. The molecule has 0 bridgehead atoms. The second kappa shape index (κ2) is 3.96. The Kier molecular flexibility index (Phi) is 2.66. The predicted octanol–water partition coefficient (Wildman–Crippen LogP) is 0.526. The third-order valence-electron chi connectivity index (χ3n) is 2.53. The van der Waals surface area contributed by atoms with E-state index in [2.05, 4.69) is 0 Å². The van der Waals surface area contributed by atoms with Crippen molar-refractivity contribution >= 4 is 0 Å². The monoisotopic (exact) mass is 203 g/mol. The van der Waals surface area contributed by atoms with Crippen molar-refractivity contribution in [3.8, 4) is 0 Å². The van der Waals surface area contributed by atoms with Crippen LogP contribution in [0.15, 0.2) is 41.2 Å². The van der Waals surface area contributed by atoms with E-state index in [1.54, 1.807) is 0 Å². The number of nitrogens with two attached hydrogens (primary N) is 1. The van der Waals surface area contributed by atoms with Gasteiger partial charge in [0.1, 0.15) is 0 Å². The van der Waals surface area contributed by atoms with Gasteiger partial charge in [0.05, 0.1) is 6.10 Å². The van der Waals surface area contributed by atoms with Gasteiger partial charge in [-0.3, -0.25) is 4.79 Å². The van der Waals surface area contributed by atoms with Gasteiger partial charge in [-0.1, -0.05) is 30.3 Å². The van der Waals surface area contributed by atoms with Crippen molar-refractivity contribution in [2.45, 2.75) is 18.6 Å². The highest BCUT2D eigenvalue weighted by Crippen LogP contribution is 2.17. The lowest BCUT2D eigenvalue weighted by atomic mass is 10.0. The molecule has 0 saturated carbocycles. The van der Waals surface area contributed by atoms with E-state index in [9.17, 15) is 9.90 Å². The molecule has 0 amide bonds. The molecule has 78 valence electrons. The minimum atomic E-state index is -0.822. The summed E-state index contributed by atoms with van der Waals surface area (Å²) in [5, 5.41) is 9.68. The highest BCUT2D eigenvalue weighted by Gasteiger charge is 2.24. The molecular weight excluding hydrogens is 190 g/mol. The molecule has 0 aromatic heterocycles. The molecule has 0 aliphatic carbocycles. The Morgan fingerprint density at radius 1 is 1.27 bits per heavy atom. The predicted molar refractivity (Wildman–Crippen MR) is 58.2 cm³/mol. The van der Waals surface area contributed by atoms with Gasteiger partial charge < -0.3 is 10.8 Å². The van der Waals surface area contributed by atoms with Gasteiger partial charge in [0.15, 0.2) is 5.43 Å². The second-order valence-electron chi connectivity index (χ2n) is 3.76. The van der Waals surface area contributed by atoms with Crippen LogP contribution in [0.1, 0.15) is 17.2 Å². The third kappa shape index (κ3) is 2.32. The smallest absolute Gasteiger partial charge is 0.185 e. The number of rotatable bonds is 4. The zero-order valence-electron chi connectivity index (χ0n) is 8.26. The summed E-state index contributed by atoms with van der Waals surface area (Å²) in [6, 6.07) is 10.7. The maximum Gasteiger partial charge on any atom is 0.185 e. The fourth-order valence-corrected chi connectivity index (χ4v) is 1.56. The van der Waals surface area contributed by atoms with Gasteiger partial charge in [0, 0.05) is 11.6 Å². The normalized spacial score (nSPS) is 15.3. The maximum absolute atomic E-state index is 10.8. The summed E-state index contributed by atoms with van der Waals surface area (Å²) in [7, 11) is 0. The molecule has 0 heterocycles. The van der Waals surface area contributed by atoms with Crippen molar-refractivity contribution < 1.29 is 5.11 Å². The summed E-state index contributed by atoms with van der Waals surface area (Å²) < 4.78 is 0. The molecule has 0 aliphatic heterocycles. The minimum absolute atomic E-state index is 0.0778. The van der Waals surface area contributed by atoms with E-state index in [0.717, 1.165) is 5.56 Å². The Bertz CT molecular complexity index is 443. The van der Waals surface area contributed by atoms with E-state index < -0.39 is 12.1 Å². The summed E-state index contributed by atoms with van der Waals surface area (Å²) in [5.41, 5.74) is 7.26. The molecule has 0 saturated heterocycles. The molecule has 3 heteroatoms. The zero-order valence-corrected chi connectivity index (χ0v) is 8.26. The van der Waals surface area contributed by atoms with E-state index >= 15 is 0 Å². The van der Waals surface area contributed by atoms with E-state index in [1.165, 1.54) is 6.07 Å². The summed E-state index contributed by atoms with van der Waals surface area (Å²) in [6.45, 7) is 0. The molecule has 0 aliphatic rings. The summed E-state index contributed by atoms with van der Waals surface area (Å²) >= 11 is 0. The largest absolute Gasteiger partial charge is 0.387 e. The van der Waals surface area contributed by atoms with Crippen molar-refractivity contribution in [1.29, 1.82) is 0 Å². The summed E-state index contributed by atoms with van der Waals surface area (Å²) in [5.74, 6) is 0. The Labute approximate surface area is 87.8 Å². The molecular formula is C12H13NO2. The quantitative estimate of drug-likeness (QED) is 0.761. The second-order valence-corrected chi connectivity index (χ2v) is 3.76. The Hall–Kier alpha value is -1.45. The lowest BCUT2D eigenvalue weighted by Gasteiger charge is -2.15. The first-order valence-electron chi connectivity index (χ1n) is 4.92. The number of hydrogen-bond acceptors (Lipinski definition) is 3. The van der Waals surface area contributed by atoms with Crippen LogP contribution in [0.4, 0.5) is 0 Å². The van der Waals surface area contributed by atoms with Crippen LogP contribution in [0.2, 0.25) is 0 Å². The van der Waals surface area contributed by atoms with Crippen LogP contribution in [0.3, 0.4) is 0 Å². The molecule has 15 heavy (non-hydrogen) atoms. The van der Waals surface area contributed by atoms with E-state index in [4.69, 9.17) is 5.73 Å². The van der Waals surface area contributed by atoms with Gasteiger partial charge >= 0.3 is 0 Å². The SMILES string of the molecule is N[C@@H](Cc1ccccc1)C(O)c1cc1=O. The molecule has 0 spiro atoms. The number of hydrogen-bond donors (Lipinski definition) is 2. The molecule has 1 unspecified atom stereocenters. The summed E-state index contributed by atoms with van der Waals surface area (Å²) in [4.78, 5) is 10.8. The van der Waals surface area contributed by atoms with Gasteiger partial charge in [-0.15, -0.1) is 0 Å². The average Bonchev–Trinajstić information content (AvgIpc) is 2.96. The number of benzene rings is 1. The Balaban J connectivity index is 1.98. The highest BCUT2D eigenvalue weighted by molar-refractivity contribution is 5.28. The first-order chi connectivity index (χ1) is 7.18. The van der Waals surface area contributed by atoms with Crippen molar-refractivity contribution in [3.05, 3.63) is 57.7 Å². The lowest BCUT2D eigenvalue weighted by Crippen LogP contribution is -2.30. The third-order valence-corrected chi connectivity index (χ3v) is 2.53. The van der Waals surface area contributed by atoms with Crippen LogP contribution >= 0.6 is 0 Å². The van der Waals surface area contributed by atoms with Crippen LogP contribution < -0.4 is 11.2 Å². The molecule has 2 aromatic carbocycles. The zero-order chi connectivity index (χ0) is 10.8. The van der Waals surface area contributed by atoms with Gasteiger partial charge in [-0.2, -0.15) is 0 Å². The van der Waals surface area contributed by atoms with Gasteiger partial charge in [0.25, 0.3) is 0 Å². The molecule has 2 aromatic rings. The minimum Gasteiger partial charge on any atom is -0.387 e. The first kappa shape index (κ1) is 10.1. The molecule has 2 atom stereocenters. The lowest BCUT2D eigenvalue weighted by molar-refractivity contribution is 0.149. The van der Waals surface area contributed by atoms with Crippen molar-refractivity contribution in [1.82, 2.24) is 0 Å². The van der Waals surface area contributed by atoms with Crippen LogP contribution in [0.25, 0.3) is 0 Å². The topological polar surface area (TPSA) is 63.3 Å². The molecule has 0 radical (unpaired) electrons. The fraction of sp³-hybridized carbons (Fsp3) is 0.250. The maximum atomic E-state index is 10.8. The Morgan fingerprint density at radius 2 is 1.87 bits per heavy atom. The van der Waals surface area contributed by atoms with Crippen molar-refractivity contribution in [2.24, 2.45) is 5.73 Å². The van der Waals surface area contributed by atoms with Crippen molar-refractivity contribution in [3.63, 3.8) is 0 Å². The van der Waals surface area contributed by atoms with Crippen molar-refractivity contribution in [2.75, 3.05) is 0 Å². The molecule has 0 fully saturated rings. The van der Waals surface area contributed by atoms with E-state index in [-0.39, 0.29) is 5.43 Å². The van der Waals surface area contributed by atoms with Crippen LogP contribution in [-0.4, -0.2) is 11.1 Å². The Morgan fingerprint density at radius 3 is 2.40 bits per heavy atom. The van der Waals surface area contributed by atoms with Gasteiger partial charge in [-0.05, 0) is 18.1 Å². The van der Waals surface area contributed by atoms with E-state index in [0.29, 0.717) is 12.0 Å². The van der Waals surface area contributed by atoms with Crippen LogP contribution in [-0.2, 0) is 6.42 Å². The van der Waals surface area contributed by atoms with Crippen LogP contribution in [0.5, 0.6) is 0 Å². The average molecular weight is 203 g/mol. The molecule has 3 nitrogen and oxygen atoms in total. The van der Waals surface area contributed by atoms with Gasteiger partial charge in [-0.25, -0.2) is 0 Å². The molecule has 2 rings (SSSR count). The summed E-state index contributed by atoms with van der Waals surface area (Å²) in [6.07, 6.45) is -0.246. The fourth-order valence-electron chi connectivity index (χ4n) is 1.56. The van der Waals surface area contributed by atoms with Gasteiger partial charge in [0.2, 0.25) is 0 Å². The number of aliphatic hydroxyl groups excluding tert-OH is 1. The standard InChI is InChI=1S/C12H13NO2/c13-10(12(15)9-7-11(9)14)6-8-4-2-1-3-5-8/h1-5,7,10,12,15H,6,13H2/t10-,12?/m0/s1. The molecule has 3 N–H and O–H groups in total. The number of aliphatic hydroxyl groups is 1. The highest BCUT2D eigenvalue weighted by atomic mass is 16.3. The van der Waals surface area contributed by atoms with E-state index in [1.807, 2.05) is 30.3 Å². The van der Waals surface area contributed by atoms with Crippen LogP contribution in [0, 0.1) is 0 Å².